The van der Waals surface area contributed by atoms with Gasteiger partial charge in [-0.05, 0) is 48.9 Å². The highest BCUT2D eigenvalue weighted by Crippen LogP contribution is 2.27. The van der Waals surface area contributed by atoms with E-state index in [4.69, 9.17) is 0 Å². The highest BCUT2D eigenvalue weighted by Gasteiger charge is 2.31. The molecular formula is C19H20F3NO2S. The second-order valence-electron chi connectivity index (χ2n) is 5.69. The van der Waals surface area contributed by atoms with Gasteiger partial charge in [0.25, 0.3) is 0 Å². The second kappa shape index (κ2) is 8.98. The van der Waals surface area contributed by atoms with Crippen molar-refractivity contribution in [2.45, 2.75) is 31.0 Å². The Kier molecular flexibility index (Phi) is 6.97. The predicted molar refractivity (Wildman–Crippen MR) is 97.5 cm³/mol. The third-order valence-corrected chi connectivity index (χ3v) is 4.64. The third kappa shape index (κ3) is 5.98. The fourth-order valence-electron chi connectivity index (χ4n) is 2.56. The zero-order valence-electron chi connectivity index (χ0n) is 14.5. The second-order valence-corrected chi connectivity index (χ2v) is 6.54. The fourth-order valence-corrected chi connectivity index (χ4v) is 3.11. The lowest BCUT2D eigenvalue weighted by atomic mass is 9.96. The SMILES string of the molecule is CCC(Cc1cccc(OC(F)(F)F)c1)C(=O)Nc1ccccc1SC. The minimum absolute atomic E-state index is 0.156. The topological polar surface area (TPSA) is 38.3 Å². The molecule has 0 aliphatic heterocycles. The van der Waals surface area contributed by atoms with Crippen LogP contribution in [0.25, 0.3) is 0 Å². The van der Waals surface area contributed by atoms with Gasteiger partial charge in [0.2, 0.25) is 5.91 Å². The number of amides is 1. The van der Waals surface area contributed by atoms with Crippen LogP contribution in [-0.2, 0) is 11.2 Å². The molecule has 0 aliphatic rings. The van der Waals surface area contributed by atoms with Gasteiger partial charge in [-0.2, -0.15) is 0 Å². The van der Waals surface area contributed by atoms with Crippen LogP contribution in [0.1, 0.15) is 18.9 Å². The molecule has 1 amide bonds. The first-order valence-electron chi connectivity index (χ1n) is 8.11. The van der Waals surface area contributed by atoms with Crippen molar-refractivity contribution in [3.8, 4) is 5.75 Å². The normalized spacial score (nSPS) is 12.5. The van der Waals surface area contributed by atoms with Gasteiger partial charge in [0.05, 0.1) is 5.69 Å². The Balaban J connectivity index is 2.09. The molecule has 1 unspecified atom stereocenters. The van der Waals surface area contributed by atoms with Gasteiger partial charge in [0, 0.05) is 10.8 Å². The summed E-state index contributed by atoms with van der Waals surface area (Å²) in [5.41, 5.74) is 1.35. The molecule has 0 bridgehead atoms. The standard InChI is InChI=1S/C19H20F3NO2S/c1-3-14(18(24)23-16-9-4-5-10-17(16)26-2)11-13-7-6-8-15(12-13)25-19(20,21)22/h4-10,12,14H,3,11H2,1-2H3,(H,23,24). The molecule has 0 saturated heterocycles. The zero-order chi connectivity index (χ0) is 19.2. The quantitative estimate of drug-likeness (QED) is 0.640. The Labute approximate surface area is 154 Å². The van der Waals surface area contributed by atoms with Crippen molar-refractivity contribution < 1.29 is 22.7 Å². The molecule has 0 radical (unpaired) electrons. The summed E-state index contributed by atoms with van der Waals surface area (Å²) in [5.74, 6) is -0.791. The number of halogens is 3. The Bertz CT molecular complexity index is 750. The summed E-state index contributed by atoms with van der Waals surface area (Å²) in [5, 5.41) is 2.91. The first kappa shape index (κ1) is 20.2. The Hall–Kier alpha value is -2.15. The lowest BCUT2D eigenvalue weighted by molar-refractivity contribution is -0.274. The average Bonchev–Trinajstić information content (AvgIpc) is 2.59. The van der Waals surface area contributed by atoms with E-state index in [1.165, 1.54) is 30.0 Å². The number of thioether (sulfide) groups is 1. The maximum Gasteiger partial charge on any atom is 0.573 e. The van der Waals surface area contributed by atoms with Crippen molar-refractivity contribution in [2.24, 2.45) is 5.92 Å². The first-order valence-corrected chi connectivity index (χ1v) is 9.33. The summed E-state index contributed by atoms with van der Waals surface area (Å²) in [4.78, 5) is 13.6. The van der Waals surface area contributed by atoms with E-state index >= 15 is 0 Å². The van der Waals surface area contributed by atoms with Gasteiger partial charge in [-0.3, -0.25) is 4.79 Å². The molecule has 2 aromatic rings. The molecule has 0 aromatic heterocycles. The first-order chi connectivity index (χ1) is 12.3. The molecule has 0 aliphatic carbocycles. The van der Waals surface area contributed by atoms with E-state index in [9.17, 15) is 18.0 Å². The molecule has 0 fully saturated rings. The largest absolute Gasteiger partial charge is 0.573 e. The van der Waals surface area contributed by atoms with Crippen molar-refractivity contribution in [1.29, 1.82) is 0 Å². The van der Waals surface area contributed by atoms with Gasteiger partial charge in [-0.25, -0.2) is 0 Å². The molecular weight excluding hydrogens is 363 g/mol. The van der Waals surface area contributed by atoms with Crippen LogP contribution in [0.3, 0.4) is 0 Å². The number of anilines is 1. The van der Waals surface area contributed by atoms with Crippen LogP contribution >= 0.6 is 11.8 Å². The van der Waals surface area contributed by atoms with E-state index in [1.807, 2.05) is 37.4 Å². The van der Waals surface area contributed by atoms with Crippen molar-refractivity contribution in [1.82, 2.24) is 0 Å². The van der Waals surface area contributed by atoms with Crippen LogP contribution in [0, 0.1) is 5.92 Å². The predicted octanol–water partition coefficient (Wildman–Crippen LogP) is 5.51. The molecule has 2 rings (SSSR count). The van der Waals surface area contributed by atoms with Gasteiger partial charge in [0.15, 0.2) is 0 Å². The molecule has 1 atom stereocenters. The Morgan fingerprint density at radius 3 is 2.58 bits per heavy atom. The van der Waals surface area contributed by atoms with Gasteiger partial charge in [-0.1, -0.05) is 31.2 Å². The van der Waals surface area contributed by atoms with E-state index in [-0.39, 0.29) is 17.6 Å². The van der Waals surface area contributed by atoms with Gasteiger partial charge in [-0.15, -0.1) is 24.9 Å². The minimum atomic E-state index is -4.73. The van der Waals surface area contributed by atoms with Crippen molar-refractivity contribution >= 4 is 23.4 Å². The molecule has 1 N–H and O–H groups in total. The number of hydrogen-bond donors (Lipinski definition) is 1. The summed E-state index contributed by atoms with van der Waals surface area (Å²) >= 11 is 1.53. The van der Waals surface area contributed by atoms with Crippen LogP contribution < -0.4 is 10.1 Å². The molecule has 0 saturated carbocycles. The summed E-state index contributed by atoms with van der Waals surface area (Å²) in [6.07, 6.45) is -1.91. The smallest absolute Gasteiger partial charge is 0.406 e. The summed E-state index contributed by atoms with van der Waals surface area (Å²) < 4.78 is 41.0. The number of hydrogen-bond acceptors (Lipinski definition) is 3. The van der Waals surface area contributed by atoms with Crippen molar-refractivity contribution in [3.63, 3.8) is 0 Å². The Morgan fingerprint density at radius 1 is 1.19 bits per heavy atom. The maximum absolute atomic E-state index is 12.6. The van der Waals surface area contributed by atoms with Crippen LogP contribution in [0.4, 0.5) is 18.9 Å². The summed E-state index contributed by atoms with van der Waals surface area (Å²) in [6.45, 7) is 1.88. The van der Waals surface area contributed by atoms with Crippen LogP contribution in [0.2, 0.25) is 0 Å². The molecule has 140 valence electrons. The van der Waals surface area contributed by atoms with Gasteiger partial charge in [0.1, 0.15) is 5.75 Å². The van der Waals surface area contributed by atoms with Crippen LogP contribution in [0.5, 0.6) is 5.75 Å². The number of para-hydroxylation sites is 1. The number of carbonyl (C=O) groups excluding carboxylic acids is 1. The fraction of sp³-hybridized carbons (Fsp3) is 0.316. The van der Waals surface area contributed by atoms with E-state index in [2.05, 4.69) is 10.1 Å². The summed E-state index contributed by atoms with van der Waals surface area (Å²) in [6, 6.07) is 13.2. The number of ether oxygens (including phenoxy) is 1. The number of alkyl halides is 3. The number of rotatable bonds is 7. The summed E-state index contributed by atoms with van der Waals surface area (Å²) in [7, 11) is 0. The lowest BCUT2D eigenvalue weighted by Gasteiger charge is -2.17. The zero-order valence-corrected chi connectivity index (χ0v) is 15.3. The minimum Gasteiger partial charge on any atom is -0.406 e. The van der Waals surface area contributed by atoms with Gasteiger partial charge < -0.3 is 10.1 Å². The van der Waals surface area contributed by atoms with E-state index < -0.39 is 6.36 Å². The highest BCUT2D eigenvalue weighted by molar-refractivity contribution is 7.98. The van der Waals surface area contributed by atoms with E-state index in [1.54, 1.807) is 6.07 Å². The monoisotopic (exact) mass is 383 g/mol. The molecule has 7 heteroatoms. The highest BCUT2D eigenvalue weighted by atomic mass is 32.2. The number of carbonyl (C=O) groups is 1. The van der Waals surface area contributed by atoms with Crippen LogP contribution in [-0.4, -0.2) is 18.5 Å². The van der Waals surface area contributed by atoms with Gasteiger partial charge >= 0.3 is 6.36 Å². The van der Waals surface area contributed by atoms with Crippen molar-refractivity contribution in [3.05, 3.63) is 54.1 Å². The molecule has 0 heterocycles. The molecule has 2 aromatic carbocycles. The van der Waals surface area contributed by atoms with E-state index in [0.717, 1.165) is 10.6 Å². The molecule has 26 heavy (non-hydrogen) atoms. The number of benzene rings is 2. The van der Waals surface area contributed by atoms with E-state index in [0.29, 0.717) is 18.4 Å². The maximum atomic E-state index is 12.6. The lowest BCUT2D eigenvalue weighted by Crippen LogP contribution is -2.24. The van der Waals surface area contributed by atoms with Crippen LogP contribution in [0.15, 0.2) is 53.4 Å². The Morgan fingerprint density at radius 2 is 1.92 bits per heavy atom. The number of nitrogens with one attached hydrogen (secondary N) is 1. The van der Waals surface area contributed by atoms with Crippen molar-refractivity contribution in [2.75, 3.05) is 11.6 Å². The molecule has 0 spiro atoms. The third-order valence-electron chi connectivity index (χ3n) is 3.84. The molecule has 3 nitrogen and oxygen atoms in total. The average molecular weight is 383 g/mol.